The third-order valence-corrected chi connectivity index (χ3v) is 7.30. The zero-order chi connectivity index (χ0) is 21.9. The molecule has 1 unspecified atom stereocenters. The van der Waals surface area contributed by atoms with Gasteiger partial charge in [-0.1, -0.05) is 30.7 Å². The Balaban J connectivity index is 1.81. The molecule has 1 fully saturated rings. The van der Waals surface area contributed by atoms with Crippen LogP contribution in [0.1, 0.15) is 35.7 Å². The Morgan fingerprint density at radius 3 is 2.73 bits per heavy atom. The van der Waals surface area contributed by atoms with E-state index in [1.807, 2.05) is 6.92 Å². The SMILES string of the molecule is CC1CCCN(S(=O)(=O)c2cc(C(=O)OCc3ccccc3[N+](=O)[O-])ccc2Cl)C1. The summed E-state index contributed by atoms with van der Waals surface area (Å²) >= 11 is 6.14. The molecule has 1 aliphatic rings. The molecule has 0 saturated carbocycles. The molecule has 0 spiro atoms. The first-order chi connectivity index (χ1) is 14.2. The van der Waals surface area contributed by atoms with Gasteiger partial charge < -0.3 is 4.74 Å². The Kier molecular flexibility index (Phi) is 6.74. The summed E-state index contributed by atoms with van der Waals surface area (Å²) in [5.74, 6) is -0.560. The predicted octanol–water partition coefficient (Wildman–Crippen LogP) is 4.03. The molecule has 2 aromatic carbocycles. The fourth-order valence-electron chi connectivity index (χ4n) is 3.37. The number of piperidine rings is 1. The third-order valence-electron chi connectivity index (χ3n) is 4.95. The highest BCUT2D eigenvalue weighted by Crippen LogP contribution is 2.29. The maximum Gasteiger partial charge on any atom is 0.338 e. The molecular weight excluding hydrogens is 432 g/mol. The zero-order valence-corrected chi connectivity index (χ0v) is 17.9. The second-order valence-electron chi connectivity index (χ2n) is 7.22. The molecule has 2 aromatic rings. The topological polar surface area (TPSA) is 107 Å². The van der Waals surface area contributed by atoms with Crippen LogP contribution < -0.4 is 0 Å². The summed E-state index contributed by atoms with van der Waals surface area (Å²) < 4.78 is 32.6. The third kappa shape index (κ3) is 4.80. The standard InChI is InChI=1S/C20H21ClN2O6S/c1-14-5-4-10-22(12-14)30(27,28)19-11-15(8-9-17(19)21)20(24)29-13-16-6-2-3-7-18(16)23(25)26/h2-3,6-9,11,14H,4-5,10,12-13H2,1H3. The summed E-state index contributed by atoms with van der Waals surface area (Å²) in [6, 6.07) is 9.81. The van der Waals surface area contributed by atoms with Crippen LogP contribution in [0.5, 0.6) is 0 Å². The molecule has 1 aliphatic heterocycles. The average Bonchev–Trinajstić information content (AvgIpc) is 2.72. The van der Waals surface area contributed by atoms with Crippen LogP contribution in [0.2, 0.25) is 5.02 Å². The smallest absolute Gasteiger partial charge is 0.338 e. The lowest BCUT2D eigenvalue weighted by Gasteiger charge is -2.30. The largest absolute Gasteiger partial charge is 0.457 e. The van der Waals surface area contributed by atoms with E-state index in [-0.39, 0.29) is 39.3 Å². The summed E-state index contributed by atoms with van der Waals surface area (Å²) in [5.41, 5.74) is 0.0745. The minimum Gasteiger partial charge on any atom is -0.457 e. The van der Waals surface area contributed by atoms with Crippen LogP contribution in [0.3, 0.4) is 0 Å². The second kappa shape index (κ2) is 9.11. The van der Waals surface area contributed by atoms with E-state index in [1.165, 1.54) is 40.7 Å². The van der Waals surface area contributed by atoms with E-state index >= 15 is 0 Å². The van der Waals surface area contributed by atoms with Crippen LogP contribution in [0.25, 0.3) is 0 Å². The van der Waals surface area contributed by atoms with Crippen molar-refractivity contribution >= 4 is 33.3 Å². The summed E-state index contributed by atoms with van der Waals surface area (Å²) in [4.78, 5) is 22.8. The van der Waals surface area contributed by atoms with E-state index in [0.29, 0.717) is 13.1 Å². The lowest BCUT2D eigenvalue weighted by Crippen LogP contribution is -2.39. The van der Waals surface area contributed by atoms with Gasteiger partial charge >= 0.3 is 5.97 Å². The Bertz CT molecular complexity index is 1070. The molecule has 0 radical (unpaired) electrons. The fourth-order valence-corrected chi connectivity index (χ4v) is 5.47. The second-order valence-corrected chi connectivity index (χ2v) is 9.53. The Hall–Kier alpha value is -2.49. The van der Waals surface area contributed by atoms with Crippen molar-refractivity contribution in [3.05, 3.63) is 68.7 Å². The Labute approximate surface area is 179 Å². The van der Waals surface area contributed by atoms with Gasteiger partial charge in [-0.2, -0.15) is 4.31 Å². The molecule has 30 heavy (non-hydrogen) atoms. The van der Waals surface area contributed by atoms with E-state index in [9.17, 15) is 23.3 Å². The molecule has 10 heteroatoms. The number of rotatable bonds is 6. The first-order valence-corrected chi connectivity index (χ1v) is 11.2. The van der Waals surface area contributed by atoms with Gasteiger partial charge in [0.1, 0.15) is 11.5 Å². The number of carbonyl (C=O) groups is 1. The summed E-state index contributed by atoms with van der Waals surface area (Å²) in [5, 5.41) is 11.1. The molecule has 0 N–H and O–H groups in total. The molecule has 8 nitrogen and oxygen atoms in total. The van der Waals surface area contributed by atoms with E-state index in [2.05, 4.69) is 0 Å². The van der Waals surface area contributed by atoms with Gasteiger partial charge in [-0.3, -0.25) is 10.1 Å². The van der Waals surface area contributed by atoms with E-state index in [4.69, 9.17) is 16.3 Å². The van der Waals surface area contributed by atoms with Crippen LogP contribution in [-0.4, -0.2) is 36.7 Å². The molecule has 0 aliphatic carbocycles. The first kappa shape index (κ1) is 22.2. The monoisotopic (exact) mass is 452 g/mol. The lowest BCUT2D eigenvalue weighted by atomic mass is 10.0. The molecule has 160 valence electrons. The predicted molar refractivity (Wildman–Crippen MR) is 111 cm³/mol. The van der Waals surface area contributed by atoms with Crippen LogP contribution in [0, 0.1) is 16.0 Å². The molecule has 0 aromatic heterocycles. The van der Waals surface area contributed by atoms with Crippen LogP contribution in [-0.2, 0) is 21.4 Å². The fraction of sp³-hybridized carbons (Fsp3) is 0.350. The Morgan fingerprint density at radius 1 is 1.30 bits per heavy atom. The molecular formula is C20H21ClN2O6S. The number of carbonyl (C=O) groups excluding carboxylic acids is 1. The highest BCUT2D eigenvalue weighted by molar-refractivity contribution is 7.89. The highest BCUT2D eigenvalue weighted by atomic mass is 35.5. The number of hydrogen-bond acceptors (Lipinski definition) is 6. The highest BCUT2D eigenvalue weighted by Gasteiger charge is 2.31. The van der Waals surface area contributed by atoms with Crippen molar-refractivity contribution in [3.63, 3.8) is 0 Å². The van der Waals surface area contributed by atoms with Crippen molar-refractivity contribution in [1.29, 1.82) is 0 Å². The molecule has 1 heterocycles. The first-order valence-electron chi connectivity index (χ1n) is 9.39. The maximum absolute atomic E-state index is 13.0. The van der Waals surface area contributed by atoms with E-state index in [1.54, 1.807) is 6.07 Å². The van der Waals surface area contributed by atoms with Crippen molar-refractivity contribution in [1.82, 2.24) is 4.31 Å². The van der Waals surface area contributed by atoms with Crippen molar-refractivity contribution in [2.75, 3.05) is 13.1 Å². The van der Waals surface area contributed by atoms with Gasteiger partial charge in [0, 0.05) is 19.2 Å². The van der Waals surface area contributed by atoms with Crippen molar-refractivity contribution in [2.24, 2.45) is 5.92 Å². The van der Waals surface area contributed by atoms with Crippen molar-refractivity contribution in [2.45, 2.75) is 31.3 Å². The summed E-state index contributed by atoms with van der Waals surface area (Å²) in [6.07, 6.45) is 1.72. The van der Waals surface area contributed by atoms with Crippen LogP contribution >= 0.6 is 11.6 Å². The summed E-state index contributed by atoms with van der Waals surface area (Å²) in [7, 11) is -3.86. The minimum atomic E-state index is -3.86. The molecule has 1 atom stereocenters. The lowest BCUT2D eigenvalue weighted by molar-refractivity contribution is -0.385. The molecule has 3 rings (SSSR count). The Morgan fingerprint density at radius 2 is 2.03 bits per heavy atom. The molecule has 1 saturated heterocycles. The number of nitro benzene ring substituents is 1. The number of para-hydroxylation sites is 1. The van der Waals surface area contributed by atoms with E-state index < -0.39 is 20.9 Å². The molecule has 0 bridgehead atoms. The van der Waals surface area contributed by atoms with Crippen molar-refractivity contribution < 1.29 is 22.9 Å². The van der Waals surface area contributed by atoms with Crippen LogP contribution in [0.15, 0.2) is 47.4 Å². The quantitative estimate of drug-likeness (QED) is 0.372. The minimum absolute atomic E-state index is 0.00150. The number of ether oxygens (including phenoxy) is 1. The number of hydrogen-bond donors (Lipinski definition) is 0. The van der Waals surface area contributed by atoms with Gasteiger partial charge in [0.25, 0.3) is 5.69 Å². The number of nitro groups is 1. The van der Waals surface area contributed by atoms with Gasteiger partial charge in [-0.05, 0) is 43.0 Å². The van der Waals surface area contributed by atoms with E-state index in [0.717, 1.165) is 12.8 Å². The van der Waals surface area contributed by atoms with Crippen molar-refractivity contribution in [3.8, 4) is 0 Å². The number of halogens is 1. The number of nitrogens with zero attached hydrogens (tertiary/aromatic N) is 2. The number of esters is 1. The maximum atomic E-state index is 13.0. The summed E-state index contributed by atoms with van der Waals surface area (Å²) in [6.45, 7) is 2.46. The van der Waals surface area contributed by atoms with Gasteiger partial charge in [-0.15, -0.1) is 0 Å². The van der Waals surface area contributed by atoms with Gasteiger partial charge in [0.15, 0.2) is 0 Å². The van der Waals surface area contributed by atoms with Gasteiger partial charge in [0.2, 0.25) is 10.0 Å². The zero-order valence-electron chi connectivity index (χ0n) is 16.3. The molecule has 0 amide bonds. The number of benzene rings is 2. The van der Waals surface area contributed by atoms with Crippen LogP contribution in [0.4, 0.5) is 5.69 Å². The number of sulfonamides is 1. The normalized spacial score (nSPS) is 17.5. The van der Waals surface area contributed by atoms with Gasteiger partial charge in [0.05, 0.1) is 21.1 Å². The average molecular weight is 453 g/mol. The van der Waals surface area contributed by atoms with Gasteiger partial charge in [-0.25, -0.2) is 13.2 Å².